The molecule has 0 saturated heterocycles. The van der Waals surface area contributed by atoms with Crippen LogP contribution in [0.2, 0.25) is 5.02 Å². The number of hydrogen-bond acceptors (Lipinski definition) is 2. The van der Waals surface area contributed by atoms with Crippen LogP contribution < -0.4 is 10.6 Å². The Morgan fingerprint density at radius 2 is 2.09 bits per heavy atom. The SMILES string of the molecule is CN=C(NCCC(F)(F)F)NCC(SC)c1cccc(Cl)c1. The minimum absolute atomic E-state index is 0.125. The lowest BCUT2D eigenvalue weighted by Crippen LogP contribution is -2.40. The molecule has 0 spiro atoms. The Labute approximate surface area is 137 Å². The Morgan fingerprint density at radius 1 is 1.36 bits per heavy atom. The smallest absolute Gasteiger partial charge is 0.356 e. The summed E-state index contributed by atoms with van der Waals surface area (Å²) in [6.07, 6.45) is -3.10. The summed E-state index contributed by atoms with van der Waals surface area (Å²) < 4.78 is 36.4. The first-order chi connectivity index (χ1) is 10.4. The van der Waals surface area contributed by atoms with E-state index in [2.05, 4.69) is 15.6 Å². The van der Waals surface area contributed by atoms with Gasteiger partial charge in [0.05, 0.1) is 6.42 Å². The van der Waals surface area contributed by atoms with Crippen molar-refractivity contribution in [1.29, 1.82) is 0 Å². The van der Waals surface area contributed by atoms with Crippen molar-refractivity contribution >= 4 is 29.3 Å². The molecule has 1 aromatic rings. The maximum Gasteiger partial charge on any atom is 0.390 e. The number of benzene rings is 1. The highest BCUT2D eigenvalue weighted by atomic mass is 35.5. The van der Waals surface area contributed by atoms with Crippen LogP contribution in [0.3, 0.4) is 0 Å². The number of nitrogens with zero attached hydrogens (tertiary/aromatic N) is 1. The Hall–Kier alpha value is -1.08. The molecule has 124 valence electrons. The third-order valence-corrected chi connectivity index (χ3v) is 4.13. The van der Waals surface area contributed by atoms with Gasteiger partial charge >= 0.3 is 6.18 Å². The fraction of sp³-hybridized carbons (Fsp3) is 0.500. The summed E-state index contributed by atoms with van der Waals surface area (Å²) in [7, 11) is 1.52. The predicted molar refractivity (Wildman–Crippen MR) is 87.7 cm³/mol. The average Bonchev–Trinajstić information content (AvgIpc) is 2.45. The molecule has 3 nitrogen and oxygen atoms in total. The Balaban J connectivity index is 2.50. The quantitative estimate of drug-likeness (QED) is 0.602. The minimum atomic E-state index is -4.17. The summed E-state index contributed by atoms with van der Waals surface area (Å²) in [5.41, 5.74) is 1.05. The van der Waals surface area contributed by atoms with Gasteiger partial charge < -0.3 is 10.6 Å². The maximum absolute atomic E-state index is 12.1. The molecule has 22 heavy (non-hydrogen) atoms. The van der Waals surface area contributed by atoms with E-state index in [9.17, 15) is 13.2 Å². The van der Waals surface area contributed by atoms with E-state index in [0.717, 1.165) is 5.56 Å². The molecule has 0 amide bonds. The first kappa shape index (κ1) is 19.0. The minimum Gasteiger partial charge on any atom is -0.356 e. The van der Waals surface area contributed by atoms with Gasteiger partial charge in [0.1, 0.15) is 0 Å². The fourth-order valence-electron chi connectivity index (χ4n) is 1.78. The second-order valence-electron chi connectivity index (χ2n) is 4.52. The summed E-state index contributed by atoms with van der Waals surface area (Å²) in [4.78, 5) is 3.92. The first-order valence-corrected chi connectivity index (χ1v) is 8.32. The topological polar surface area (TPSA) is 36.4 Å². The lowest BCUT2D eigenvalue weighted by molar-refractivity contribution is -0.132. The fourth-order valence-corrected chi connectivity index (χ4v) is 2.64. The van der Waals surface area contributed by atoms with E-state index < -0.39 is 12.6 Å². The molecule has 1 rings (SSSR count). The molecule has 0 aliphatic heterocycles. The second kappa shape index (κ2) is 9.15. The number of thioether (sulfide) groups is 1. The van der Waals surface area contributed by atoms with Gasteiger partial charge in [0, 0.05) is 30.4 Å². The van der Waals surface area contributed by atoms with Crippen molar-refractivity contribution in [2.24, 2.45) is 4.99 Å². The van der Waals surface area contributed by atoms with Gasteiger partial charge in [-0.1, -0.05) is 23.7 Å². The molecule has 2 N–H and O–H groups in total. The van der Waals surface area contributed by atoms with Crippen LogP contribution in [0, 0.1) is 0 Å². The van der Waals surface area contributed by atoms with Crippen LogP contribution >= 0.6 is 23.4 Å². The molecule has 0 aromatic heterocycles. The van der Waals surface area contributed by atoms with Crippen molar-refractivity contribution in [2.45, 2.75) is 17.8 Å². The number of nitrogens with one attached hydrogen (secondary N) is 2. The van der Waals surface area contributed by atoms with Crippen molar-refractivity contribution in [2.75, 3.05) is 26.4 Å². The van der Waals surface area contributed by atoms with Crippen molar-refractivity contribution < 1.29 is 13.2 Å². The monoisotopic (exact) mass is 353 g/mol. The second-order valence-corrected chi connectivity index (χ2v) is 6.00. The zero-order valence-corrected chi connectivity index (χ0v) is 13.9. The predicted octanol–water partition coefficient (Wildman–Crippen LogP) is 3.86. The van der Waals surface area contributed by atoms with E-state index >= 15 is 0 Å². The Kier molecular flexibility index (Phi) is 7.89. The summed E-state index contributed by atoms with van der Waals surface area (Å²) in [5, 5.41) is 6.47. The average molecular weight is 354 g/mol. The lowest BCUT2D eigenvalue weighted by Gasteiger charge is -2.18. The molecule has 8 heteroatoms. The number of guanidine groups is 1. The molecule has 0 heterocycles. The van der Waals surface area contributed by atoms with E-state index in [1.165, 1.54) is 7.05 Å². The molecule has 1 unspecified atom stereocenters. The standard InChI is InChI=1S/C14H19ClF3N3S/c1-19-13(20-7-6-14(16,17)18)21-9-12(22-2)10-4-3-5-11(15)8-10/h3-5,8,12H,6-7,9H2,1-2H3,(H2,19,20,21). The largest absolute Gasteiger partial charge is 0.390 e. The van der Waals surface area contributed by atoms with Crippen molar-refractivity contribution in [1.82, 2.24) is 10.6 Å². The Bertz CT molecular complexity index is 494. The van der Waals surface area contributed by atoms with E-state index in [0.29, 0.717) is 17.5 Å². The zero-order chi connectivity index (χ0) is 16.6. The lowest BCUT2D eigenvalue weighted by atomic mass is 10.1. The molecule has 1 atom stereocenters. The zero-order valence-electron chi connectivity index (χ0n) is 12.4. The number of hydrogen-bond donors (Lipinski definition) is 2. The number of aliphatic imine (C=N–C) groups is 1. The van der Waals surface area contributed by atoms with Gasteiger partial charge in [0.15, 0.2) is 5.96 Å². The molecule has 1 aromatic carbocycles. The van der Waals surface area contributed by atoms with Crippen molar-refractivity contribution in [3.8, 4) is 0 Å². The third-order valence-electron chi connectivity index (χ3n) is 2.88. The molecule has 0 saturated carbocycles. The first-order valence-electron chi connectivity index (χ1n) is 6.65. The van der Waals surface area contributed by atoms with Gasteiger partial charge in [-0.05, 0) is 24.0 Å². The van der Waals surface area contributed by atoms with Gasteiger partial charge in [0.25, 0.3) is 0 Å². The molecular weight excluding hydrogens is 335 g/mol. The maximum atomic E-state index is 12.1. The van der Waals surface area contributed by atoms with Crippen LogP contribution in [-0.2, 0) is 0 Å². The van der Waals surface area contributed by atoms with Crippen LogP contribution in [0.15, 0.2) is 29.3 Å². The van der Waals surface area contributed by atoms with Gasteiger partial charge in [-0.15, -0.1) is 0 Å². The molecule has 0 bridgehead atoms. The molecular formula is C14H19ClF3N3S. The molecule has 0 radical (unpaired) electrons. The van der Waals surface area contributed by atoms with Gasteiger partial charge in [-0.2, -0.15) is 24.9 Å². The van der Waals surface area contributed by atoms with Gasteiger partial charge in [-0.3, -0.25) is 4.99 Å². The van der Waals surface area contributed by atoms with Crippen LogP contribution in [0.4, 0.5) is 13.2 Å². The number of rotatable bonds is 6. The normalized spacial score (nSPS) is 13.8. The summed E-state index contributed by atoms with van der Waals surface area (Å²) in [5.74, 6) is 0.352. The van der Waals surface area contributed by atoms with Crippen LogP contribution in [0.5, 0.6) is 0 Å². The van der Waals surface area contributed by atoms with E-state index in [1.807, 2.05) is 24.5 Å². The number of halogens is 4. The highest BCUT2D eigenvalue weighted by Gasteiger charge is 2.26. The van der Waals surface area contributed by atoms with Gasteiger partial charge in [-0.25, -0.2) is 0 Å². The van der Waals surface area contributed by atoms with Crippen molar-refractivity contribution in [3.63, 3.8) is 0 Å². The van der Waals surface area contributed by atoms with Crippen LogP contribution in [0.25, 0.3) is 0 Å². The molecule has 0 aliphatic carbocycles. The molecule has 0 aliphatic rings. The van der Waals surface area contributed by atoms with Crippen LogP contribution in [-0.4, -0.2) is 38.5 Å². The van der Waals surface area contributed by atoms with E-state index in [4.69, 9.17) is 11.6 Å². The van der Waals surface area contributed by atoms with E-state index in [-0.39, 0.29) is 11.8 Å². The molecule has 0 fully saturated rings. The number of alkyl halides is 3. The summed E-state index contributed by atoms with van der Waals surface area (Å²) >= 11 is 7.60. The third kappa shape index (κ3) is 7.26. The Morgan fingerprint density at radius 3 is 2.64 bits per heavy atom. The van der Waals surface area contributed by atoms with Gasteiger partial charge in [0.2, 0.25) is 0 Å². The highest BCUT2D eigenvalue weighted by molar-refractivity contribution is 7.98. The summed E-state index contributed by atoms with van der Waals surface area (Å²) in [6, 6.07) is 7.52. The van der Waals surface area contributed by atoms with E-state index in [1.54, 1.807) is 17.8 Å². The van der Waals surface area contributed by atoms with Crippen molar-refractivity contribution in [3.05, 3.63) is 34.9 Å². The highest BCUT2D eigenvalue weighted by Crippen LogP contribution is 2.27. The van der Waals surface area contributed by atoms with Crippen LogP contribution in [0.1, 0.15) is 17.2 Å². The summed E-state index contributed by atoms with van der Waals surface area (Å²) in [6.45, 7) is 0.331.